The number of nitrogens with zero attached hydrogens (tertiary/aromatic N) is 1. The second-order valence-electron chi connectivity index (χ2n) is 7.51. The normalized spacial score (nSPS) is 27.7. The molecule has 0 saturated carbocycles. The monoisotopic (exact) mass is 363 g/mol. The van der Waals surface area contributed by atoms with E-state index in [0.717, 1.165) is 45.1 Å². The number of aliphatic imine (C=N–C) groups is 1. The summed E-state index contributed by atoms with van der Waals surface area (Å²) in [6.07, 6.45) is 14.8. The van der Waals surface area contributed by atoms with Crippen LogP contribution in [0.1, 0.15) is 71.1 Å². The summed E-state index contributed by atoms with van der Waals surface area (Å²) in [6, 6.07) is 0. The maximum Gasteiger partial charge on any atom is 0.303 e. The lowest BCUT2D eigenvalue weighted by Crippen LogP contribution is -2.29. The molecule has 2 fully saturated rings. The predicted molar refractivity (Wildman–Crippen MR) is 103 cm³/mol. The molecule has 2 heterocycles. The fourth-order valence-corrected chi connectivity index (χ4v) is 4.03. The molecule has 2 saturated heterocycles. The van der Waals surface area contributed by atoms with Crippen molar-refractivity contribution in [2.24, 2.45) is 16.8 Å². The average Bonchev–Trinajstić information content (AvgIpc) is 3.21. The molecule has 0 unspecified atom stereocenters. The van der Waals surface area contributed by atoms with E-state index in [1.54, 1.807) is 6.21 Å². The zero-order valence-electron chi connectivity index (χ0n) is 15.9. The topological polar surface area (TPSA) is 76.0 Å². The van der Waals surface area contributed by atoms with Crippen LogP contribution in [0.3, 0.4) is 0 Å². The van der Waals surface area contributed by atoms with Crippen molar-refractivity contribution >= 4 is 18.0 Å². The minimum atomic E-state index is -0.731. The van der Waals surface area contributed by atoms with Crippen LogP contribution in [-0.4, -0.2) is 41.8 Å². The first-order valence-electron chi connectivity index (χ1n) is 10.1. The number of ether oxygens (including phenoxy) is 1. The molecule has 2 bridgehead atoms. The van der Waals surface area contributed by atoms with Crippen LogP contribution < -0.4 is 0 Å². The van der Waals surface area contributed by atoms with Crippen molar-refractivity contribution < 1.29 is 19.4 Å². The number of allylic oxidation sites excluding steroid dienone is 2. The number of carboxylic acids is 1. The Morgan fingerprint density at radius 1 is 1.12 bits per heavy atom. The third kappa shape index (κ3) is 6.67. The van der Waals surface area contributed by atoms with Gasteiger partial charge in [-0.3, -0.25) is 14.6 Å². The van der Waals surface area contributed by atoms with Crippen LogP contribution in [0.4, 0.5) is 0 Å². The number of carboxylic acid groups (broad SMARTS) is 1. The van der Waals surface area contributed by atoms with Crippen molar-refractivity contribution in [2.45, 2.75) is 83.3 Å². The molecular weight excluding hydrogens is 330 g/mol. The highest BCUT2D eigenvalue weighted by Gasteiger charge is 2.47. The minimum Gasteiger partial charge on any atom is -0.481 e. The number of fused-ring (bicyclic) bond motifs is 2. The summed E-state index contributed by atoms with van der Waals surface area (Å²) in [7, 11) is 0. The summed E-state index contributed by atoms with van der Waals surface area (Å²) in [5.41, 5.74) is 0. The summed E-state index contributed by atoms with van der Waals surface area (Å²) in [5, 5.41) is 8.65. The number of Topliss-reactive ketones (excluding diaryl/α,β-unsaturated/α-hetero) is 1. The lowest BCUT2D eigenvalue weighted by Gasteiger charge is -2.25. The smallest absolute Gasteiger partial charge is 0.303 e. The van der Waals surface area contributed by atoms with Crippen molar-refractivity contribution in [3.63, 3.8) is 0 Å². The highest BCUT2D eigenvalue weighted by Crippen LogP contribution is 2.45. The average molecular weight is 363 g/mol. The maximum absolute atomic E-state index is 11.7. The summed E-state index contributed by atoms with van der Waals surface area (Å²) in [4.78, 5) is 26.7. The van der Waals surface area contributed by atoms with E-state index in [-0.39, 0.29) is 12.2 Å². The number of ketones is 1. The van der Waals surface area contributed by atoms with Gasteiger partial charge in [-0.25, -0.2) is 0 Å². The number of hydrogen-bond donors (Lipinski definition) is 1. The standard InChI is InChI=1S/C21H33NO4/c1-2-3-8-16(23)13-14-22-15-18-17(19-11-12-20(18)26-19)9-6-4-5-7-10-21(24)25/h4,6,14,17-20H,2-3,5,7-13,15H2,1H3,(H,24,25)/t17-,18-,19-,20+/m1/s1. The van der Waals surface area contributed by atoms with Gasteiger partial charge >= 0.3 is 5.97 Å². The van der Waals surface area contributed by atoms with E-state index in [2.05, 4.69) is 24.1 Å². The van der Waals surface area contributed by atoms with Gasteiger partial charge in [0.2, 0.25) is 0 Å². The lowest BCUT2D eigenvalue weighted by atomic mass is 9.77. The molecule has 2 rings (SSSR count). The molecular formula is C21H33NO4. The van der Waals surface area contributed by atoms with Crippen molar-refractivity contribution in [3.05, 3.63) is 12.2 Å². The van der Waals surface area contributed by atoms with Crippen LogP contribution in [0.15, 0.2) is 17.1 Å². The Kier molecular flexibility index (Phi) is 9.02. The molecule has 2 aliphatic rings. The van der Waals surface area contributed by atoms with Crippen LogP contribution in [0, 0.1) is 11.8 Å². The molecule has 4 atom stereocenters. The SMILES string of the molecule is CCCCC(=O)CC=NC[C@@H]1[C@@H](CC=CCCCC(=O)O)[C@H]2CC[C@@H]1O2. The van der Waals surface area contributed by atoms with E-state index in [9.17, 15) is 9.59 Å². The molecule has 26 heavy (non-hydrogen) atoms. The minimum absolute atomic E-state index is 0.232. The van der Waals surface area contributed by atoms with Crippen molar-refractivity contribution in [1.29, 1.82) is 0 Å². The molecule has 0 aromatic rings. The molecule has 2 aliphatic heterocycles. The van der Waals surface area contributed by atoms with Gasteiger partial charge in [0.15, 0.2) is 0 Å². The van der Waals surface area contributed by atoms with E-state index >= 15 is 0 Å². The maximum atomic E-state index is 11.7. The van der Waals surface area contributed by atoms with E-state index in [0.29, 0.717) is 43.3 Å². The summed E-state index contributed by atoms with van der Waals surface area (Å²) in [6.45, 7) is 2.84. The number of carbonyl (C=O) groups excluding carboxylic acids is 1. The highest BCUT2D eigenvalue weighted by atomic mass is 16.5. The first kappa shape index (κ1) is 20.8. The first-order valence-corrected chi connectivity index (χ1v) is 10.1. The summed E-state index contributed by atoms with van der Waals surface area (Å²) >= 11 is 0. The van der Waals surface area contributed by atoms with Crippen molar-refractivity contribution in [2.75, 3.05) is 6.54 Å². The third-order valence-corrected chi connectivity index (χ3v) is 5.50. The fourth-order valence-electron chi connectivity index (χ4n) is 4.03. The van der Waals surface area contributed by atoms with Crippen molar-refractivity contribution in [3.8, 4) is 0 Å². The Balaban J connectivity index is 1.72. The second kappa shape index (κ2) is 11.3. The Hall–Kier alpha value is -1.49. The fraction of sp³-hybridized carbons (Fsp3) is 0.762. The van der Waals surface area contributed by atoms with Gasteiger partial charge in [-0.05, 0) is 44.4 Å². The molecule has 1 N–H and O–H groups in total. The molecule has 0 spiro atoms. The van der Waals surface area contributed by atoms with E-state index in [1.165, 1.54) is 0 Å². The molecule has 0 aliphatic carbocycles. The molecule has 0 aromatic heterocycles. The van der Waals surface area contributed by atoms with E-state index < -0.39 is 5.97 Å². The van der Waals surface area contributed by atoms with Gasteiger partial charge in [-0.1, -0.05) is 25.5 Å². The van der Waals surface area contributed by atoms with Crippen LogP contribution in [0.5, 0.6) is 0 Å². The van der Waals surface area contributed by atoms with Crippen LogP contribution in [-0.2, 0) is 14.3 Å². The Labute approximate surface area is 156 Å². The zero-order valence-corrected chi connectivity index (χ0v) is 15.9. The van der Waals surface area contributed by atoms with Gasteiger partial charge < -0.3 is 9.84 Å². The van der Waals surface area contributed by atoms with Crippen LogP contribution in [0.2, 0.25) is 0 Å². The third-order valence-electron chi connectivity index (χ3n) is 5.50. The summed E-state index contributed by atoms with van der Waals surface area (Å²) in [5.74, 6) is 0.489. The predicted octanol–water partition coefficient (Wildman–Crippen LogP) is 4.20. The lowest BCUT2D eigenvalue weighted by molar-refractivity contribution is -0.137. The number of unbranched alkanes of at least 4 members (excludes halogenated alkanes) is 2. The Morgan fingerprint density at radius 2 is 1.88 bits per heavy atom. The quantitative estimate of drug-likeness (QED) is 0.302. The van der Waals surface area contributed by atoms with Gasteiger partial charge in [0.25, 0.3) is 0 Å². The van der Waals surface area contributed by atoms with Crippen molar-refractivity contribution in [1.82, 2.24) is 0 Å². The van der Waals surface area contributed by atoms with Crippen LogP contribution in [0.25, 0.3) is 0 Å². The number of hydrogen-bond acceptors (Lipinski definition) is 4. The van der Waals surface area contributed by atoms with Gasteiger partial charge in [-0.15, -0.1) is 0 Å². The van der Waals surface area contributed by atoms with E-state index in [4.69, 9.17) is 9.84 Å². The summed E-state index contributed by atoms with van der Waals surface area (Å²) < 4.78 is 6.09. The van der Waals surface area contributed by atoms with Crippen LogP contribution >= 0.6 is 0 Å². The Morgan fingerprint density at radius 3 is 2.62 bits per heavy atom. The van der Waals surface area contributed by atoms with E-state index in [1.807, 2.05) is 0 Å². The van der Waals surface area contributed by atoms with Gasteiger partial charge in [0.1, 0.15) is 5.78 Å². The molecule has 5 nitrogen and oxygen atoms in total. The van der Waals surface area contributed by atoms with Gasteiger partial charge in [-0.2, -0.15) is 0 Å². The van der Waals surface area contributed by atoms with Gasteiger partial charge in [0, 0.05) is 37.9 Å². The number of rotatable bonds is 13. The number of carbonyl (C=O) groups is 2. The molecule has 146 valence electrons. The number of aliphatic carboxylic acids is 1. The molecule has 0 aromatic carbocycles. The van der Waals surface area contributed by atoms with Gasteiger partial charge in [0.05, 0.1) is 12.2 Å². The zero-order chi connectivity index (χ0) is 18.8. The molecule has 5 heteroatoms. The largest absolute Gasteiger partial charge is 0.481 e. The molecule has 0 radical (unpaired) electrons. The second-order valence-corrected chi connectivity index (χ2v) is 7.51. The first-order chi connectivity index (χ1) is 12.6. The Bertz CT molecular complexity index is 514. The highest BCUT2D eigenvalue weighted by molar-refractivity contribution is 5.91. The molecule has 0 amide bonds.